The normalized spacial score (nSPS) is 27.9. The second kappa shape index (κ2) is 7.07. The number of amides is 1. The maximum absolute atomic E-state index is 12.9. The Balaban J connectivity index is 2.84. The van der Waals surface area contributed by atoms with Crippen molar-refractivity contribution in [3.05, 3.63) is 0 Å². The lowest BCUT2D eigenvalue weighted by Gasteiger charge is -2.42. The van der Waals surface area contributed by atoms with Crippen LogP contribution in [-0.4, -0.2) is 41.0 Å². The van der Waals surface area contributed by atoms with Crippen LogP contribution in [0.5, 0.6) is 0 Å². The second-order valence-corrected chi connectivity index (χ2v) is 6.21. The molecule has 0 bridgehead atoms. The number of nitrogens with zero attached hydrogens (tertiary/aromatic N) is 1. The van der Waals surface area contributed by atoms with Gasteiger partial charge in [0, 0.05) is 19.1 Å². The molecule has 116 valence electrons. The van der Waals surface area contributed by atoms with Gasteiger partial charge in [0.15, 0.2) is 0 Å². The van der Waals surface area contributed by atoms with Gasteiger partial charge in [-0.05, 0) is 45.4 Å². The van der Waals surface area contributed by atoms with E-state index in [9.17, 15) is 9.59 Å². The molecule has 20 heavy (non-hydrogen) atoms. The number of carbonyl (C=O) groups excluding carboxylic acids is 1. The number of aliphatic carboxylic acids is 1. The molecule has 1 aliphatic carbocycles. The SMILES string of the molecule is CCN(C(=O)C1(CN)CCC(C)CC1)C(C)CC(=O)O. The van der Waals surface area contributed by atoms with Gasteiger partial charge in [0.1, 0.15) is 0 Å². The number of nitrogens with two attached hydrogens (primary N) is 1. The van der Waals surface area contributed by atoms with Gasteiger partial charge in [0.2, 0.25) is 5.91 Å². The number of carboxylic acids is 1. The molecule has 0 radical (unpaired) electrons. The Labute approximate surface area is 121 Å². The summed E-state index contributed by atoms with van der Waals surface area (Å²) in [6, 6.07) is -0.284. The molecular weight excluding hydrogens is 256 g/mol. The van der Waals surface area contributed by atoms with Gasteiger partial charge in [0.05, 0.1) is 11.8 Å². The monoisotopic (exact) mass is 284 g/mol. The Bertz CT molecular complexity index is 349. The highest BCUT2D eigenvalue weighted by atomic mass is 16.4. The van der Waals surface area contributed by atoms with Crippen molar-refractivity contribution in [2.45, 2.75) is 58.9 Å². The maximum Gasteiger partial charge on any atom is 0.305 e. The molecule has 0 heterocycles. The average molecular weight is 284 g/mol. The van der Waals surface area contributed by atoms with Gasteiger partial charge in [-0.25, -0.2) is 0 Å². The first kappa shape index (κ1) is 17.0. The summed E-state index contributed by atoms with van der Waals surface area (Å²) in [6.45, 7) is 6.78. The molecule has 3 N–H and O–H groups in total. The lowest BCUT2D eigenvalue weighted by molar-refractivity contribution is -0.148. The average Bonchev–Trinajstić information content (AvgIpc) is 2.40. The predicted molar refractivity (Wildman–Crippen MR) is 78.2 cm³/mol. The zero-order valence-electron chi connectivity index (χ0n) is 12.9. The maximum atomic E-state index is 12.9. The minimum absolute atomic E-state index is 0.0172. The Morgan fingerprint density at radius 2 is 1.95 bits per heavy atom. The molecule has 0 aromatic rings. The van der Waals surface area contributed by atoms with Crippen molar-refractivity contribution in [3.63, 3.8) is 0 Å². The van der Waals surface area contributed by atoms with Crippen LogP contribution in [0.3, 0.4) is 0 Å². The molecule has 5 nitrogen and oxygen atoms in total. The van der Waals surface area contributed by atoms with Crippen LogP contribution in [0, 0.1) is 11.3 Å². The van der Waals surface area contributed by atoms with Crippen molar-refractivity contribution in [3.8, 4) is 0 Å². The van der Waals surface area contributed by atoms with E-state index >= 15 is 0 Å². The summed E-state index contributed by atoms with van der Waals surface area (Å²) in [4.78, 5) is 25.4. The highest BCUT2D eigenvalue weighted by molar-refractivity contribution is 5.84. The van der Waals surface area contributed by atoms with E-state index < -0.39 is 11.4 Å². The molecule has 1 atom stereocenters. The molecule has 1 amide bonds. The zero-order valence-corrected chi connectivity index (χ0v) is 12.9. The Morgan fingerprint density at radius 1 is 1.40 bits per heavy atom. The molecule has 0 spiro atoms. The van der Waals surface area contributed by atoms with Gasteiger partial charge in [0.25, 0.3) is 0 Å². The quantitative estimate of drug-likeness (QED) is 0.779. The van der Waals surface area contributed by atoms with E-state index in [1.807, 2.05) is 6.92 Å². The van der Waals surface area contributed by atoms with Crippen LogP contribution in [0.2, 0.25) is 0 Å². The van der Waals surface area contributed by atoms with Crippen molar-refractivity contribution in [1.82, 2.24) is 4.90 Å². The van der Waals surface area contributed by atoms with Crippen LogP contribution in [-0.2, 0) is 9.59 Å². The van der Waals surface area contributed by atoms with Crippen molar-refractivity contribution < 1.29 is 14.7 Å². The summed E-state index contributed by atoms with van der Waals surface area (Å²) in [7, 11) is 0. The van der Waals surface area contributed by atoms with Crippen LogP contribution in [0.25, 0.3) is 0 Å². The van der Waals surface area contributed by atoms with Crippen molar-refractivity contribution in [1.29, 1.82) is 0 Å². The first-order valence-electron chi connectivity index (χ1n) is 7.59. The molecular formula is C15H28N2O3. The molecule has 0 aromatic carbocycles. The topological polar surface area (TPSA) is 83.6 Å². The standard InChI is InChI=1S/C15H28N2O3/c1-4-17(12(3)9-13(18)19)14(20)15(10-16)7-5-11(2)6-8-15/h11-12H,4-10,16H2,1-3H3,(H,18,19). The molecule has 5 heteroatoms. The van der Waals surface area contributed by atoms with E-state index in [0.29, 0.717) is 19.0 Å². The van der Waals surface area contributed by atoms with Crippen molar-refractivity contribution in [2.75, 3.05) is 13.1 Å². The van der Waals surface area contributed by atoms with Crippen molar-refractivity contribution >= 4 is 11.9 Å². The minimum atomic E-state index is -0.872. The van der Waals surface area contributed by atoms with Crippen LogP contribution in [0.15, 0.2) is 0 Å². The second-order valence-electron chi connectivity index (χ2n) is 6.21. The van der Waals surface area contributed by atoms with Gasteiger partial charge in [-0.15, -0.1) is 0 Å². The summed E-state index contributed by atoms with van der Waals surface area (Å²) in [6.07, 6.45) is 3.66. The van der Waals surface area contributed by atoms with Crippen LogP contribution in [0.1, 0.15) is 52.9 Å². The summed E-state index contributed by atoms with van der Waals surface area (Å²) in [5.41, 5.74) is 5.44. The van der Waals surface area contributed by atoms with Gasteiger partial charge in [-0.1, -0.05) is 6.92 Å². The highest BCUT2D eigenvalue weighted by Crippen LogP contribution is 2.40. The molecule has 1 fully saturated rings. The Kier molecular flexibility index (Phi) is 5.99. The van der Waals surface area contributed by atoms with E-state index in [-0.39, 0.29) is 18.4 Å². The van der Waals surface area contributed by atoms with E-state index in [1.165, 1.54) is 0 Å². The van der Waals surface area contributed by atoms with Crippen LogP contribution < -0.4 is 5.73 Å². The zero-order chi connectivity index (χ0) is 15.3. The Hall–Kier alpha value is -1.10. The molecule has 1 aliphatic rings. The summed E-state index contributed by atoms with van der Waals surface area (Å²) >= 11 is 0. The number of rotatable bonds is 6. The summed E-state index contributed by atoms with van der Waals surface area (Å²) < 4.78 is 0. The smallest absolute Gasteiger partial charge is 0.305 e. The fraction of sp³-hybridized carbons (Fsp3) is 0.867. The predicted octanol–water partition coefficient (Wildman–Crippen LogP) is 1.85. The van der Waals surface area contributed by atoms with Gasteiger partial charge in [-0.3, -0.25) is 9.59 Å². The van der Waals surface area contributed by atoms with Crippen molar-refractivity contribution in [2.24, 2.45) is 17.1 Å². The third kappa shape index (κ3) is 3.72. The third-order valence-electron chi connectivity index (χ3n) is 4.68. The Morgan fingerprint density at radius 3 is 2.35 bits per heavy atom. The fourth-order valence-corrected chi connectivity index (χ4v) is 3.14. The number of carbonyl (C=O) groups is 2. The molecule has 1 unspecified atom stereocenters. The van der Waals surface area contributed by atoms with Crippen LogP contribution in [0.4, 0.5) is 0 Å². The molecule has 1 saturated carbocycles. The lowest BCUT2D eigenvalue weighted by atomic mass is 9.69. The van der Waals surface area contributed by atoms with Gasteiger partial charge in [-0.2, -0.15) is 0 Å². The number of hydrogen-bond donors (Lipinski definition) is 2. The molecule has 0 aliphatic heterocycles. The largest absolute Gasteiger partial charge is 0.481 e. The van der Waals surface area contributed by atoms with Gasteiger partial charge >= 0.3 is 5.97 Å². The third-order valence-corrected chi connectivity index (χ3v) is 4.68. The first-order valence-corrected chi connectivity index (χ1v) is 7.59. The summed E-state index contributed by atoms with van der Waals surface area (Å²) in [5.74, 6) is -0.181. The van der Waals surface area contributed by atoms with E-state index in [2.05, 4.69) is 6.92 Å². The lowest BCUT2D eigenvalue weighted by Crippen LogP contribution is -2.52. The van der Waals surface area contributed by atoms with Crippen LogP contribution >= 0.6 is 0 Å². The highest BCUT2D eigenvalue weighted by Gasteiger charge is 2.43. The number of carboxylic acid groups (broad SMARTS) is 1. The molecule has 0 aromatic heterocycles. The first-order chi connectivity index (χ1) is 9.36. The van der Waals surface area contributed by atoms with Gasteiger partial charge < -0.3 is 15.7 Å². The van der Waals surface area contributed by atoms with E-state index in [4.69, 9.17) is 10.8 Å². The summed E-state index contributed by atoms with van der Waals surface area (Å²) in [5, 5.41) is 8.91. The number of hydrogen-bond acceptors (Lipinski definition) is 3. The van der Waals surface area contributed by atoms with E-state index in [1.54, 1.807) is 11.8 Å². The fourth-order valence-electron chi connectivity index (χ4n) is 3.14. The minimum Gasteiger partial charge on any atom is -0.481 e. The molecule has 0 saturated heterocycles. The molecule has 1 rings (SSSR count). The van der Waals surface area contributed by atoms with E-state index in [0.717, 1.165) is 25.7 Å².